The van der Waals surface area contributed by atoms with Gasteiger partial charge in [-0.25, -0.2) is 0 Å². The Hall–Kier alpha value is -0.460. The summed E-state index contributed by atoms with van der Waals surface area (Å²) in [5.41, 5.74) is 3.69. The van der Waals surface area contributed by atoms with E-state index >= 15 is 0 Å². The predicted octanol–water partition coefficient (Wildman–Crippen LogP) is 3.56. The number of aromatic nitrogens is 1. The van der Waals surface area contributed by atoms with Gasteiger partial charge in [0.05, 0.1) is 2.88 Å². The van der Waals surface area contributed by atoms with Gasteiger partial charge in [-0.1, -0.05) is 6.07 Å². The Morgan fingerprint density at radius 2 is 2.29 bits per heavy atom. The number of aryl methyl sites for hydroxylation is 1. The number of hydrogen-bond donors (Lipinski definition) is 1. The lowest BCUT2D eigenvalue weighted by molar-refractivity contribution is 0.586. The van der Waals surface area contributed by atoms with E-state index in [0.717, 1.165) is 12.1 Å². The van der Waals surface area contributed by atoms with Crippen molar-refractivity contribution < 1.29 is 0 Å². The normalized spacial score (nSPS) is 12.6. The summed E-state index contributed by atoms with van der Waals surface area (Å²) in [6.45, 7) is 2.06. The summed E-state index contributed by atoms with van der Waals surface area (Å²) in [4.78, 5) is 4.46. The Morgan fingerprint density at radius 3 is 2.82 bits per heavy atom. The molecule has 0 aliphatic carbocycles. The molecule has 2 nitrogen and oxygen atoms in total. The monoisotopic (exact) mass is 358 g/mol. The van der Waals surface area contributed by atoms with Crippen LogP contribution in [0.1, 0.15) is 22.9 Å². The van der Waals surface area contributed by atoms with Crippen LogP contribution >= 0.6 is 33.9 Å². The number of rotatable bonds is 4. The third-order valence-corrected chi connectivity index (χ3v) is 4.53. The van der Waals surface area contributed by atoms with Crippen molar-refractivity contribution in [3.8, 4) is 0 Å². The highest BCUT2D eigenvalue weighted by Gasteiger charge is 2.12. The average molecular weight is 358 g/mol. The first kappa shape index (κ1) is 13.0. The van der Waals surface area contributed by atoms with Gasteiger partial charge >= 0.3 is 0 Å². The molecule has 2 heterocycles. The highest BCUT2D eigenvalue weighted by Crippen LogP contribution is 2.24. The van der Waals surface area contributed by atoms with Gasteiger partial charge in [0.25, 0.3) is 0 Å². The van der Waals surface area contributed by atoms with Crippen LogP contribution in [0, 0.1) is 9.81 Å². The fourth-order valence-corrected chi connectivity index (χ4v) is 3.15. The fourth-order valence-electron chi connectivity index (χ4n) is 1.72. The smallest absolute Gasteiger partial charge is 0.0656 e. The largest absolute Gasteiger partial charge is 0.313 e. The highest BCUT2D eigenvalue weighted by molar-refractivity contribution is 14.1. The van der Waals surface area contributed by atoms with Gasteiger partial charge in [-0.3, -0.25) is 4.98 Å². The van der Waals surface area contributed by atoms with E-state index < -0.39 is 0 Å². The van der Waals surface area contributed by atoms with E-state index in [2.05, 4.69) is 63.4 Å². The van der Waals surface area contributed by atoms with Crippen molar-refractivity contribution in [2.75, 3.05) is 7.05 Å². The molecule has 2 rings (SSSR count). The Morgan fingerprint density at radius 1 is 1.47 bits per heavy atom. The topological polar surface area (TPSA) is 24.9 Å². The molecule has 0 aliphatic rings. The quantitative estimate of drug-likeness (QED) is 0.846. The molecule has 0 saturated heterocycles. The molecule has 4 heteroatoms. The van der Waals surface area contributed by atoms with Crippen LogP contribution in [-0.2, 0) is 6.42 Å². The molecular formula is C13H15IN2S. The zero-order valence-electron chi connectivity index (χ0n) is 9.90. The van der Waals surface area contributed by atoms with Crippen LogP contribution in [0.5, 0.6) is 0 Å². The van der Waals surface area contributed by atoms with E-state index in [1.54, 1.807) is 11.3 Å². The number of hydrogen-bond acceptors (Lipinski definition) is 3. The van der Waals surface area contributed by atoms with Gasteiger partial charge in [-0.15, -0.1) is 11.3 Å². The molecule has 17 heavy (non-hydrogen) atoms. The van der Waals surface area contributed by atoms with Gasteiger partial charge in [0, 0.05) is 24.4 Å². The van der Waals surface area contributed by atoms with Crippen molar-refractivity contribution in [1.82, 2.24) is 10.3 Å². The van der Waals surface area contributed by atoms with Crippen molar-refractivity contribution >= 4 is 33.9 Å². The van der Waals surface area contributed by atoms with Gasteiger partial charge in [0.1, 0.15) is 0 Å². The second kappa shape index (κ2) is 5.93. The minimum Gasteiger partial charge on any atom is -0.313 e. The molecule has 1 N–H and O–H groups in total. The van der Waals surface area contributed by atoms with Crippen LogP contribution in [0.2, 0.25) is 0 Å². The van der Waals surface area contributed by atoms with Crippen LogP contribution in [0.3, 0.4) is 0 Å². The Kier molecular flexibility index (Phi) is 4.53. The van der Waals surface area contributed by atoms with Gasteiger partial charge in [-0.2, -0.15) is 0 Å². The molecule has 0 fully saturated rings. The summed E-state index contributed by atoms with van der Waals surface area (Å²) in [6, 6.07) is 6.81. The number of halogens is 1. The van der Waals surface area contributed by atoms with Crippen LogP contribution in [0.4, 0.5) is 0 Å². The maximum absolute atomic E-state index is 4.46. The maximum atomic E-state index is 4.46. The van der Waals surface area contributed by atoms with Gasteiger partial charge in [-0.05, 0) is 65.2 Å². The third kappa shape index (κ3) is 3.50. The third-order valence-electron chi connectivity index (χ3n) is 2.72. The Labute approximate surface area is 120 Å². The van der Waals surface area contributed by atoms with E-state index in [-0.39, 0.29) is 0 Å². The summed E-state index contributed by atoms with van der Waals surface area (Å²) >= 11 is 4.15. The maximum Gasteiger partial charge on any atom is 0.0656 e. The minimum atomic E-state index is 0.352. The lowest BCUT2D eigenvalue weighted by Gasteiger charge is -2.14. The van der Waals surface area contributed by atoms with Crippen molar-refractivity contribution in [1.29, 1.82) is 0 Å². The van der Waals surface area contributed by atoms with Crippen molar-refractivity contribution in [2.45, 2.75) is 19.4 Å². The molecule has 2 aromatic rings. The molecule has 90 valence electrons. The molecule has 0 aliphatic heterocycles. The van der Waals surface area contributed by atoms with E-state index in [1.165, 1.54) is 14.0 Å². The minimum absolute atomic E-state index is 0.352. The molecule has 0 bridgehead atoms. The number of pyridine rings is 1. The predicted molar refractivity (Wildman–Crippen MR) is 81.5 cm³/mol. The molecular weight excluding hydrogens is 343 g/mol. The number of nitrogens with one attached hydrogen (secondary N) is 1. The Balaban J connectivity index is 2.12. The summed E-state index contributed by atoms with van der Waals surface area (Å²) in [5, 5.41) is 5.58. The van der Waals surface area contributed by atoms with E-state index in [9.17, 15) is 0 Å². The standard InChI is InChI=1S/C13H15IN2S/c1-9-3-4-11(16-7-9)6-12(15-2)10-5-13(14)17-8-10/h3-5,7-8,12,15H,6H2,1-2H3. The first-order valence-electron chi connectivity index (χ1n) is 5.52. The Bertz CT molecular complexity index is 478. The molecule has 1 unspecified atom stereocenters. The van der Waals surface area contributed by atoms with Crippen LogP contribution in [0.15, 0.2) is 29.8 Å². The molecule has 0 spiro atoms. The molecule has 0 aromatic carbocycles. The highest BCUT2D eigenvalue weighted by atomic mass is 127. The first-order chi connectivity index (χ1) is 8.19. The second-order valence-corrected chi connectivity index (χ2v) is 6.86. The zero-order chi connectivity index (χ0) is 12.3. The van der Waals surface area contributed by atoms with Gasteiger partial charge < -0.3 is 5.32 Å². The number of likely N-dealkylation sites (N-methyl/N-ethyl adjacent to an activating group) is 1. The van der Waals surface area contributed by atoms with Gasteiger partial charge in [0.2, 0.25) is 0 Å². The number of nitrogens with zero attached hydrogens (tertiary/aromatic N) is 1. The lowest BCUT2D eigenvalue weighted by Crippen LogP contribution is -2.18. The SMILES string of the molecule is CNC(Cc1ccc(C)cn1)c1csc(I)c1. The van der Waals surface area contributed by atoms with Crippen LogP contribution in [0.25, 0.3) is 0 Å². The summed E-state index contributed by atoms with van der Waals surface area (Å²) in [7, 11) is 2.00. The summed E-state index contributed by atoms with van der Waals surface area (Å²) < 4.78 is 1.33. The zero-order valence-corrected chi connectivity index (χ0v) is 12.9. The number of thiophene rings is 1. The molecule has 0 saturated carbocycles. The summed E-state index contributed by atoms with van der Waals surface area (Å²) in [5.74, 6) is 0. The van der Waals surface area contributed by atoms with Crippen molar-refractivity contribution in [3.63, 3.8) is 0 Å². The van der Waals surface area contributed by atoms with Crippen molar-refractivity contribution in [3.05, 3.63) is 49.5 Å². The van der Waals surface area contributed by atoms with E-state index in [1.807, 2.05) is 13.2 Å². The van der Waals surface area contributed by atoms with Crippen LogP contribution < -0.4 is 5.32 Å². The molecule has 0 amide bonds. The molecule has 1 atom stereocenters. The van der Waals surface area contributed by atoms with Gasteiger partial charge in [0.15, 0.2) is 0 Å². The second-order valence-electron chi connectivity index (χ2n) is 4.06. The first-order valence-corrected chi connectivity index (χ1v) is 7.47. The fraction of sp³-hybridized carbons (Fsp3) is 0.308. The summed E-state index contributed by atoms with van der Waals surface area (Å²) in [6.07, 6.45) is 2.86. The molecule has 0 radical (unpaired) electrons. The van der Waals surface area contributed by atoms with Crippen LogP contribution in [-0.4, -0.2) is 12.0 Å². The average Bonchev–Trinajstić information content (AvgIpc) is 2.75. The lowest BCUT2D eigenvalue weighted by atomic mass is 10.0. The van der Waals surface area contributed by atoms with Crippen molar-refractivity contribution in [2.24, 2.45) is 0 Å². The van der Waals surface area contributed by atoms with E-state index in [0.29, 0.717) is 6.04 Å². The van der Waals surface area contributed by atoms with E-state index in [4.69, 9.17) is 0 Å². The molecule has 2 aromatic heterocycles.